The first-order chi connectivity index (χ1) is 22.3. The minimum Gasteiger partial charge on any atom is -0.508 e. The largest absolute Gasteiger partial charge is 0.508 e. The van der Waals surface area contributed by atoms with E-state index >= 15 is 0 Å². The Morgan fingerprint density at radius 1 is 0.761 bits per heavy atom. The first-order valence-corrected chi connectivity index (χ1v) is 16.9. The van der Waals surface area contributed by atoms with Gasteiger partial charge in [0, 0.05) is 36.8 Å². The predicted molar refractivity (Wildman–Crippen MR) is 172 cm³/mol. The third-order valence-corrected chi connectivity index (χ3v) is 10.2. The van der Waals surface area contributed by atoms with E-state index in [1.807, 2.05) is 38.1 Å². The number of ether oxygens (including phenoxy) is 4. The number of nitrogens with zero attached hydrogens (tertiary/aromatic N) is 2. The Morgan fingerprint density at radius 3 is 1.83 bits per heavy atom. The van der Waals surface area contributed by atoms with Gasteiger partial charge in [-0.05, 0) is 75.6 Å². The lowest BCUT2D eigenvalue weighted by molar-refractivity contribution is -0.0238. The predicted octanol–water partition coefficient (Wildman–Crippen LogP) is 5.49. The fourth-order valence-electron chi connectivity index (χ4n) is 7.06. The minimum absolute atomic E-state index is 0.0970. The van der Waals surface area contributed by atoms with Crippen molar-refractivity contribution in [1.29, 1.82) is 0 Å². The summed E-state index contributed by atoms with van der Waals surface area (Å²) in [7, 11) is 0. The highest BCUT2D eigenvalue weighted by molar-refractivity contribution is 6.02. The quantitative estimate of drug-likeness (QED) is 0.423. The van der Waals surface area contributed by atoms with Gasteiger partial charge in [0.25, 0.3) is 0 Å². The van der Waals surface area contributed by atoms with Gasteiger partial charge in [-0.2, -0.15) is 0 Å². The van der Waals surface area contributed by atoms with Gasteiger partial charge >= 0.3 is 0 Å². The average Bonchev–Trinajstić information content (AvgIpc) is 3.81. The van der Waals surface area contributed by atoms with Crippen molar-refractivity contribution in [2.75, 3.05) is 26.4 Å². The number of phenols is 1. The number of aryl methyl sites for hydroxylation is 2. The summed E-state index contributed by atoms with van der Waals surface area (Å²) in [5.74, 6) is 1.13. The number of aliphatic hydroxyl groups excluding tert-OH is 1. The molecule has 0 bridgehead atoms. The summed E-state index contributed by atoms with van der Waals surface area (Å²) in [4.78, 5) is 11.2. The zero-order chi connectivity index (χ0) is 31.7. The molecule has 10 heteroatoms. The van der Waals surface area contributed by atoms with Gasteiger partial charge in [0.2, 0.25) is 0 Å². The number of aromatic hydroxyl groups is 1. The van der Waals surface area contributed by atoms with Crippen LogP contribution in [0.25, 0.3) is 0 Å². The fraction of sp³-hybridized carbons (Fsp3) is 0.611. The molecule has 2 aliphatic carbocycles. The summed E-state index contributed by atoms with van der Waals surface area (Å²) in [5, 5.41) is 28.1. The molecular formula is C36H46N2O8. The molecule has 7 aliphatic rings. The monoisotopic (exact) mass is 634 g/mol. The van der Waals surface area contributed by atoms with Crippen molar-refractivity contribution in [2.45, 2.75) is 114 Å². The number of hydrogen-bond donors (Lipinski definition) is 2. The highest BCUT2D eigenvalue weighted by Crippen LogP contribution is 2.38. The van der Waals surface area contributed by atoms with E-state index in [0.717, 1.165) is 97.6 Å². The Hall–Kier alpha value is -3.18. The summed E-state index contributed by atoms with van der Waals surface area (Å²) < 4.78 is 22.0. The van der Waals surface area contributed by atoms with Crippen LogP contribution in [0.15, 0.2) is 46.7 Å². The highest BCUT2D eigenvalue weighted by Gasteiger charge is 2.44. The van der Waals surface area contributed by atoms with Gasteiger partial charge in [-0.25, -0.2) is 0 Å². The first kappa shape index (κ1) is 31.4. The van der Waals surface area contributed by atoms with Crippen LogP contribution in [0.4, 0.5) is 0 Å². The van der Waals surface area contributed by atoms with Crippen molar-refractivity contribution >= 4 is 11.4 Å². The third-order valence-electron chi connectivity index (χ3n) is 10.2. The van der Waals surface area contributed by atoms with Crippen LogP contribution in [-0.2, 0) is 23.9 Å². The van der Waals surface area contributed by atoms with Gasteiger partial charge in [0.15, 0.2) is 11.2 Å². The maximum Gasteiger partial charge on any atom is 0.168 e. The number of benzene rings is 2. The van der Waals surface area contributed by atoms with Crippen LogP contribution < -0.4 is 4.74 Å². The third kappa shape index (κ3) is 6.90. The number of aliphatic hydroxyl groups is 1. The number of phenolic OH excluding ortho intramolecular Hbond substituents is 1. The van der Waals surface area contributed by atoms with E-state index in [1.54, 1.807) is 6.07 Å². The molecule has 2 spiro atoms. The van der Waals surface area contributed by atoms with Gasteiger partial charge in [-0.15, -0.1) is 0 Å². The van der Waals surface area contributed by atoms with Crippen molar-refractivity contribution < 1.29 is 38.8 Å². The zero-order valence-electron chi connectivity index (χ0n) is 26.9. The molecule has 46 heavy (non-hydrogen) atoms. The SMILES string of the molecule is C1CC2OC2C1.Cc1ccc(C2=NOC3(CCOC3)C2)cc1O.Cc1ccc(C2=NOC3(CCOC3)C2)cc1OC1CCCC1O. The van der Waals surface area contributed by atoms with Crippen LogP contribution in [0.2, 0.25) is 0 Å². The molecule has 3 saturated heterocycles. The van der Waals surface area contributed by atoms with E-state index in [9.17, 15) is 10.2 Å². The van der Waals surface area contributed by atoms with Crippen LogP contribution in [0.1, 0.15) is 86.5 Å². The summed E-state index contributed by atoms with van der Waals surface area (Å²) in [6.07, 6.45) is 11.1. The molecule has 0 radical (unpaired) electrons. The molecule has 5 fully saturated rings. The normalized spacial score (nSPS) is 33.4. The van der Waals surface area contributed by atoms with Gasteiger partial charge in [-0.3, -0.25) is 0 Å². The number of fused-ring (bicyclic) bond motifs is 1. The molecule has 2 N–H and O–H groups in total. The summed E-state index contributed by atoms with van der Waals surface area (Å²) in [5.41, 5.74) is 5.23. The lowest BCUT2D eigenvalue weighted by atomic mass is 9.93. The van der Waals surface area contributed by atoms with Crippen LogP contribution in [0, 0.1) is 13.8 Å². The van der Waals surface area contributed by atoms with Crippen LogP contribution in [-0.4, -0.2) is 83.7 Å². The standard InChI is InChI=1S/C18H23NO4.C13H15NO3.C5H8O/c1-12-5-6-13(9-17(12)22-16-4-2-3-15(16)20)14-10-18(23-19-14)7-8-21-11-18;1-9-2-3-10(6-12(9)15)11-7-13(17-14-11)4-5-16-8-13;1-2-4-5(3-1)6-4/h5-6,9,15-16,20H,2-4,7-8,10-11H2,1H3;2-3,6,15H,4-5,7-8H2,1H3;4-5H,1-3H2. The van der Waals surface area contributed by atoms with E-state index in [-0.39, 0.29) is 23.4 Å². The number of oxime groups is 2. The number of rotatable bonds is 4. The average molecular weight is 635 g/mol. The molecule has 5 heterocycles. The highest BCUT2D eigenvalue weighted by atomic mass is 16.7. The zero-order valence-corrected chi connectivity index (χ0v) is 26.9. The first-order valence-electron chi connectivity index (χ1n) is 16.9. The van der Waals surface area contributed by atoms with Crippen molar-refractivity contribution in [3.8, 4) is 11.5 Å². The molecule has 2 aromatic carbocycles. The van der Waals surface area contributed by atoms with Crippen LogP contribution in [0.3, 0.4) is 0 Å². The summed E-state index contributed by atoms with van der Waals surface area (Å²) >= 11 is 0. The second-order valence-electron chi connectivity index (χ2n) is 13.9. The van der Waals surface area contributed by atoms with E-state index in [4.69, 9.17) is 28.6 Å². The Kier molecular flexibility index (Phi) is 8.98. The smallest absolute Gasteiger partial charge is 0.168 e. The number of hydrogen-bond acceptors (Lipinski definition) is 10. The lowest BCUT2D eigenvalue weighted by Crippen LogP contribution is -2.29. The second-order valence-corrected chi connectivity index (χ2v) is 13.9. The van der Waals surface area contributed by atoms with Gasteiger partial charge in [0.1, 0.15) is 17.6 Å². The van der Waals surface area contributed by atoms with E-state index in [0.29, 0.717) is 31.2 Å². The lowest BCUT2D eigenvalue weighted by Gasteiger charge is -2.19. The summed E-state index contributed by atoms with van der Waals surface area (Å²) in [6, 6.07) is 11.7. The maximum absolute atomic E-state index is 9.98. The molecule has 2 aromatic rings. The van der Waals surface area contributed by atoms with Crippen molar-refractivity contribution in [3.05, 3.63) is 58.7 Å². The molecule has 9 rings (SSSR count). The molecule has 248 valence electrons. The van der Waals surface area contributed by atoms with Crippen molar-refractivity contribution in [1.82, 2.24) is 0 Å². The Labute approximate surface area is 270 Å². The van der Waals surface area contributed by atoms with Crippen LogP contribution >= 0.6 is 0 Å². The fourth-order valence-corrected chi connectivity index (χ4v) is 7.06. The van der Waals surface area contributed by atoms with Gasteiger partial charge < -0.3 is 38.8 Å². The van der Waals surface area contributed by atoms with Crippen LogP contribution in [0.5, 0.6) is 11.5 Å². The van der Waals surface area contributed by atoms with Gasteiger partial charge in [-0.1, -0.05) is 34.6 Å². The molecule has 0 amide bonds. The van der Waals surface area contributed by atoms with Crippen molar-refractivity contribution in [3.63, 3.8) is 0 Å². The summed E-state index contributed by atoms with van der Waals surface area (Å²) in [6.45, 7) is 6.60. The molecule has 0 aromatic heterocycles. The van der Waals surface area contributed by atoms with E-state index in [1.165, 1.54) is 19.3 Å². The molecular weight excluding hydrogens is 588 g/mol. The number of epoxide rings is 1. The Bertz CT molecular complexity index is 1450. The molecule has 5 aliphatic heterocycles. The van der Waals surface area contributed by atoms with E-state index < -0.39 is 0 Å². The molecule has 2 saturated carbocycles. The Balaban J connectivity index is 0.000000127. The van der Waals surface area contributed by atoms with Gasteiger partial charge in [0.05, 0.1) is 56.2 Å². The Morgan fingerprint density at radius 2 is 1.35 bits per heavy atom. The molecule has 10 nitrogen and oxygen atoms in total. The minimum atomic E-state index is -0.357. The molecule has 6 atom stereocenters. The topological polar surface area (TPSA) is 124 Å². The van der Waals surface area contributed by atoms with E-state index in [2.05, 4.69) is 16.4 Å². The van der Waals surface area contributed by atoms with Crippen molar-refractivity contribution in [2.24, 2.45) is 10.3 Å². The second kappa shape index (κ2) is 13.1. The molecule has 6 unspecified atom stereocenters. The maximum atomic E-state index is 9.98.